The Morgan fingerprint density at radius 1 is 1.12 bits per heavy atom. The number of carbonyl (C=O) groups excluding carboxylic acids is 2. The van der Waals surface area contributed by atoms with Crippen molar-refractivity contribution in [2.24, 2.45) is 0 Å². The Morgan fingerprint density at radius 3 is 2.50 bits per heavy atom. The van der Waals surface area contributed by atoms with Gasteiger partial charge in [0.2, 0.25) is 0 Å². The maximum atomic E-state index is 13.0. The molecule has 0 aliphatic carbocycles. The van der Waals surface area contributed by atoms with Crippen LogP contribution in [0.3, 0.4) is 0 Å². The maximum Gasteiger partial charge on any atom is 0.347 e. The summed E-state index contributed by atoms with van der Waals surface area (Å²) in [4.78, 5) is 24.2. The van der Waals surface area contributed by atoms with Crippen LogP contribution in [-0.2, 0) is 14.3 Å². The number of benzene rings is 2. The fraction of sp³-hybridized carbons (Fsp3) is 0.263. The third kappa shape index (κ3) is 5.46. The zero-order valence-corrected chi connectivity index (χ0v) is 15.3. The summed E-state index contributed by atoms with van der Waals surface area (Å²) < 4.78 is 23.7. The number of nitrogens with one attached hydrogen (secondary N) is 1. The van der Waals surface area contributed by atoms with Gasteiger partial charge in [0.15, 0.2) is 12.2 Å². The minimum Gasteiger partial charge on any atom is -0.479 e. The Balaban J connectivity index is 1.91. The van der Waals surface area contributed by atoms with Gasteiger partial charge in [0.1, 0.15) is 11.6 Å². The first-order chi connectivity index (χ1) is 12.3. The average Bonchev–Trinajstić information content (AvgIpc) is 2.57. The minimum absolute atomic E-state index is 0.0491. The van der Waals surface area contributed by atoms with Crippen LogP contribution in [0.1, 0.15) is 19.4 Å². The quantitative estimate of drug-likeness (QED) is 0.766. The molecular weight excluding hydrogens is 361 g/mol. The lowest BCUT2D eigenvalue weighted by molar-refractivity contribution is -0.159. The van der Waals surface area contributed by atoms with Gasteiger partial charge in [-0.15, -0.1) is 0 Å². The van der Waals surface area contributed by atoms with Crippen LogP contribution in [0.2, 0.25) is 5.02 Å². The highest BCUT2D eigenvalue weighted by Crippen LogP contribution is 2.22. The second-order valence-corrected chi connectivity index (χ2v) is 6.18. The van der Waals surface area contributed by atoms with Crippen LogP contribution in [0.15, 0.2) is 42.5 Å². The zero-order valence-electron chi connectivity index (χ0n) is 14.6. The van der Waals surface area contributed by atoms with Crippen molar-refractivity contribution < 1.29 is 23.5 Å². The van der Waals surface area contributed by atoms with Crippen LogP contribution in [0, 0.1) is 12.7 Å². The molecule has 2 aromatic rings. The van der Waals surface area contributed by atoms with Gasteiger partial charge in [-0.25, -0.2) is 9.18 Å². The lowest BCUT2D eigenvalue weighted by atomic mass is 10.2. The van der Waals surface area contributed by atoms with Gasteiger partial charge in [-0.3, -0.25) is 4.79 Å². The Morgan fingerprint density at radius 2 is 1.85 bits per heavy atom. The molecular formula is C19H19ClFNO4. The minimum atomic E-state index is -1.08. The van der Waals surface area contributed by atoms with E-state index in [1.165, 1.54) is 19.9 Å². The van der Waals surface area contributed by atoms with Crippen molar-refractivity contribution in [2.45, 2.75) is 33.0 Å². The van der Waals surface area contributed by atoms with E-state index in [1.807, 2.05) is 19.1 Å². The number of carbonyl (C=O) groups is 2. The molecule has 2 rings (SSSR count). The van der Waals surface area contributed by atoms with E-state index in [-0.39, 0.29) is 10.7 Å². The molecule has 0 saturated carbocycles. The number of anilines is 1. The standard InChI is InChI=1S/C19H19ClFNO4/c1-11-5-4-6-15(9-11)25-13(3)19(24)26-12(2)18(23)22-17-8-7-14(21)10-16(17)20/h4-10,12-13H,1-3H3,(H,22,23)/t12-,13+/m1/s1. The molecule has 26 heavy (non-hydrogen) atoms. The first kappa shape index (κ1) is 19.7. The number of hydrogen-bond acceptors (Lipinski definition) is 4. The third-order valence-corrected chi connectivity index (χ3v) is 3.80. The molecule has 2 aromatic carbocycles. The summed E-state index contributed by atoms with van der Waals surface area (Å²) in [5.74, 6) is -1.26. The highest BCUT2D eigenvalue weighted by Gasteiger charge is 2.23. The number of aryl methyl sites for hydroxylation is 1. The second-order valence-electron chi connectivity index (χ2n) is 5.77. The summed E-state index contributed by atoms with van der Waals surface area (Å²) in [5, 5.41) is 2.53. The summed E-state index contributed by atoms with van der Waals surface area (Å²) in [6.07, 6.45) is -1.96. The SMILES string of the molecule is Cc1cccc(O[C@@H](C)C(=O)O[C@H](C)C(=O)Nc2ccc(F)cc2Cl)c1. The maximum absolute atomic E-state index is 13.0. The smallest absolute Gasteiger partial charge is 0.347 e. The largest absolute Gasteiger partial charge is 0.479 e. The summed E-state index contributed by atoms with van der Waals surface area (Å²) in [5.41, 5.74) is 1.22. The highest BCUT2D eigenvalue weighted by molar-refractivity contribution is 6.33. The molecule has 2 atom stereocenters. The topological polar surface area (TPSA) is 64.6 Å². The summed E-state index contributed by atoms with van der Waals surface area (Å²) >= 11 is 5.86. The van der Waals surface area contributed by atoms with E-state index in [4.69, 9.17) is 21.1 Å². The normalized spacial score (nSPS) is 12.8. The van der Waals surface area contributed by atoms with E-state index >= 15 is 0 Å². The van der Waals surface area contributed by atoms with Crippen molar-refractivity contribution in [1.82, 2.24) is 0 Å². The number of rotatable bonds is 6. The van der Waals surface area contributed by atoms with Crippen LogP contribution in [0.25, 0.3) is 0 Å². The molecule has 0 aliphatic rings. The molecule has 0 radical (unpaired) electrons. The molecule has 1 N–H and O–H groups in total. The fourth-order valence-electron chi connectivity index (χ4n) is 2.09. The van der Waals surface area contributed by atoms with E-state index < -0.39 is 29.9 Å². The van der Waals surface area contributed by atoms with Crippen LogP contribution < -0.4 is 10.1 Å². The first-order valence-corrected chi connectivity index (χ1v) is 8.34. The first-order valence-electron chi connectivity index (χ1n) is 7.96. The van der Waals surface area contributed by atoms with Gasteiger partial charge in [0.05, 0.1) is 10.7 Å². The summed E-state index contributed by atoms with van der Waals surface area (Å²) in [7, 11) is 0. The summed E-state index contributed by atoms with van der Waals surface area (Å²) in [6.45, 7) is 4.86. The van der Waals surface area contributed by atoms with Gasteiger partial charge < -0.3 is 14.8 Å². The van der Waals surface area contributed by atoms with Gasteiger partial charge in [-0.1, -0.05) is 23.7 Å². The van der Waals surface area contributed by atoms with E-state index in [2.05, 4.69) is 5.32 Å². The number of amides is 1. The zero-order chi connectivity index (χ0) is 19.3. The van der Waals surface area contributed by atoms with E-state index in [0.717, 1.165) is 17.7 Å². The number of halogens is 2. The summed E-state index contributed by atoms with van der Waals surface area (Å²) in [6, 6.07) is 10.8. The van der Waals surface area contributed by atoms with Crippen LogP contribution in [0.4, 0.5) is 10.1 Å². The molecule has 0 spiro atoms. The molecule has 1 amide bonds. The van der Waals surface area contributed by atoms with E-state index in [0.29, 0.717) is 5.75 Å². The molecule has 5 nitrogen and oxygen atoms in total. The van der Waals surface area contributed by atoms with E-state index in [9.17, 15) is 14.0 Å². The van der Waals surface area contributed by atoms with Gasteiger partial charge in [-0.05, 0) is 56.7 Å². The van der Waals surface area contributed by atoms with Gasteiger partial charge >= 0.3 is 5.97 Å². The molecule has 7 heteroatoms. The van der Waals surface area contributed by atoms with Crippen molar-refractivity contribution >= 4 is 29.2 Å². The number of hydrogen-bond donors (Lipinski definition) is 1. The lowest BCUT2D eigenvalue weighted by Crippen LogP contribution is -2.35. The molecule has 138 valence electrons. The number of ether oxygens (including phenoxy) is 2. The Bertz CT molecular complexity index is 812. The fourth-order valence-corrected chi connectivity index (χ4v) is 2.30. The van der Waals surface area contributed by atoms with Crippen LogP contribution in [-0.4, -0.2) is 24.1 Å². The van der Waals surface area contributed by atoms with Crippen molar-refractivity contribution in [3.05, 3.63) is 58.9 Å². The van der Waals surface area contributed by atoms with Gasteiger partial charge in [-0.2, -0.15) is 0 Å². The van der Waals surface area contributed by atoms with Crippen molar-refractivity contribution in [2.75, 3.05) is 5.32 Å². The lowest BCUT2D eigenvalue weighted by Gasteiger charge is -2.18. The van der Waals surface area contributed by atoms with Crippen molar-refractivity contribution in [3.8, 4) is 5.75 Å². The predicted molar refractivity (Wildman–Crippen MR) is 96.9 cm³/mol. The van der Waals surface area contributed by atoms with Crippen molar-refractivity contribution in [1.29, 1.82) is 0 Å². The van der Waals surface area contributed by atoms with Crippen LogP contribution >= 0.6 is 11.6 Å². The highest BCUT2D eigenvalue weighted by atomic mass is 35.5. The molecule has 0 unspecified atom stereocenters. The Kier molecular flexibility index (Phi) is 6.58. The Labute approximate surface area is 156 Å². The molecule has 0 fully saturated rings. The molecule has 0 heterocycles. The van der Waals surface area contributed by atoms with Gasteiger partial charge in [0, 0.05) is 0 Å². The predicted octanol–water partition coefficient (Wildman–Crippen LogP) is 4.13. The van der Waals surface area contributed by atoms with Crippen LogP contribution in [0.5, 0.6) is 5.75 Å². The monoisotopic (exact) mass is 379 g/mol. The molecule has 0 aliphatic heterocycles. The van der Waals surface area contributed by atoms with Crippen molar-refractivity contribution in [3.63, 3.8) is 0 Å². The molecule has 0 saturated heterocycles. The van der Waals surface area contributed by atoms with E-state index in [1.54, 1.807) is 12.1 Å². The molecule has 0 bridgehead atoms. The molecule has 0 aromatic heterocycles. The second kappa shape index (κ2) is 8.67. The third-order valence-electron chi connectivity index (χ3n) is 3.49. The number of esters is 1. The van der Waals surface area contributed by atoms with Gasteiger partial charge in [0.25, 0.3) is 5.91 Å². The average molecular weight is 380 g/mol. The Hall–Kier alpha value is -2.60.